The maximum atomic E-state index is 4.86. The number of hydrogen-bond acceptors (Lipinski definition) is 6. The summed E-state index contributed by atoms with van der Waals surface area (Å²) in [5, 5.41) is 1.91. The molecule has 0 saturated carbocycles. The molecule has 0 aliphatic carbocycles. The molecule has 150 valence electrons. The molecule has 6 aromatic heterocycles. The van der Waals surface area contributed by atoms with Crippen molar-refractivity contribution < 1.29 is 0 Å². The van der Waals surface area contributed by atoms with Crippen LogP contribution in [0.1, 0.15) is 0 Å². The molecule has 6 heterocycles. The van der Waals surface area contributed by atoms with E-state index in [0.717, 1.165) is 56.0 Å². The topological polar surface area (TPSA) is 77.3 Å². The lowest BCUT2D eigenvalue weighted by Gasteiger charge is -2.08. The fourth-order valence-corrected chi connectivity index (χ4v) is 3.81. The summed E-state index contributed by atoms with van der Waals surface area (Å²) >= 11 is 0. The third kappa shape index (κ3) is 3.15. The van der Waals surface area contributed by atoms with Crippen molar-refractivity contribution in [2.24, 2.45) is 0 Å². The second-order valence-electron chi connectivity index (χ2n) is 7.28. The van der Waals surface area contributed by atoms with E-state index in [1.54, 1.807) is 24.8 Å². The smallest absolute Gasteiger partial charge is 0.0980 e. The van der Waals surface area contributed by atoms with Crippen LogP contribution in [0.5, 0.6) is 0 Å². The molecule has 0 N–H and O–H groups in total. The first kappa shape index (κ1) is 18.2. The number of rotatable bonds is 3. The molecule has 0 bridgehead atoms. The van der Waals surface area contributed by atoms with Gasteiger partial charge in [0.25, 0.3) is 0 Å². The summed E-state index contributed by atoms with van der Waals surface area (Å²) < 4.78 is 0. The lowest BCUT2D eigenvalue weighted by molar-refractivity contribution is 1.24. The average molecular weight is 412 g/mol. The van der Waals surface area contributed by atoms with Crippen LogP contribution in [-0.2, 0) is 0 Å². The molecule has 0 aliphatic rings. The van der Waals surface area contributed by atoms with Crippen LogP contribution in [0.2, 0.25) is 0 Å². The molecule has 32 heavy (non-hydrogen) atoms. The van der Waals surface area contributed by atoms with E-state index in [9.17, 15) is 0 Å². The van der Waals surface area contributed by atoms with Crippen LogP contribution in [0.25, 0.3) is 56.0 Å². The van der Waals surface area contributed by atoms with Crippen LogP contribution in [-0.4, -0.2) is 29.9 Å². The summed E-state index contributed by atoms with van der Waals surface area (Å²) in [5.74, 6) is 0. The Balaban J connectivity index is 1.46. The number of hydrogen-bond donors (Lipinski definition) is 0. The Morgan fingerprint density at radius 2 is 0.875 bits per heavy atom. The van der Waals surface area contributed by atoms with Crippen molar-refractivity contribution in [1.82, 2.24) is 29.9 Å². The first-order chi connectivity index (χ1) is 15.9. The molecule has 0 aromatic carbocycles. The van der Waals surface area contributed by atoms with E-state index in [0.29, 0.717) is 0 Å². The fourth-order valence-electron chi connectivity index (χ4n) is 3.81. The van der Waals surface area contributed by atoms with Crippen molar-refractivity contribution in [3.63, 3.8) is 0 Å². The summed E-state index contributed by atoms with van der Waals surface area (Å²) in [5.41, 5.74) is 6.59. The van der Waals surface area contributed by atoms with Crippen molar-refractivity contribution in [2.45, 2.75) is 0 Å². The molecule has 6 nitrogen and oxygen atoms in total. The zero-order valence-corrected chi connectivity index (χ0v) is 16.9. The number of fused-ring (bicyclic) bond motifs is 2. The molecule has 0 spiro atoms. The van der Waals surface area contributed by atoms with Crippen LogP contribution in [0.4, 0.5) is 0 Å². The van der Waals surface area contributed by atoms with Crippen molar-refractivity contribution in [2.75, 3.05) is 0 Å². The van der Waals surface area contributed by atoms with Gasteiger partial charge in [0.2, 0.25) is 0 Å². The summed E-state index contributed by atoms with van der Waals surface area (Å²) in [6, 6.07) is 23.5. The van der Waals surface area contributed by atoms with Gasteiger partial charge in [-0.1, -0.05) is 12.1 Å². The van der Waals surface area contributed by atoms with Gasteiger partial charge in [-0.25, -0.2) is 9.97 Å². The van der Waals surface area contributed by atoms with Gasteiger partial charge in [0.1, 0.15) is 0 Å². The van der Waals surface area contributed by atoms with Gasteiger partial charge in [-0.3, -0.25) is 19.9 Å². The molecule has 0 aliphatic heterocycles. The number of aromatic nitrogens is 6. The molecule has 6 aromatic rings. The SMILES string of the molecule is c1ccc(-c2nccc3nc(-c4ccc5c(-c6ccccn6)nccc5n4)ccc23)nc1. The van der Waals surface area contributed by atoms with Crippen LogP contribution in [0, 0.1) is 0 Å². The Kier molecular flexibility index (Phi) is 4.32. The fraction of sp³-hybridized carbons (Fsp3) is 0. The van der Waals surface area contributed by atoms with Crippen molar-refractivity contribution >= 4 is 21.8 Å². The van der Waals surface area contributed by atoms with Gasteiger partial charge in [0.05, 0.1) is 45.2 Å². The second-order valence-corrected chi connectivity index (χ2v) is 7.28. The predicted molar refractivity (Wildman–Crippen MR) is 125 cm³/mol. The lowest BCUT2D eigenvalue weighted by atomic mass is 10.1. The van der Waals surface area contributed by atoms with E-state index in [1.807, 2.05) is 72.8 Å². The Morgan fingerprint density at radius 3 is 1.31 bits per heavy atom. The van der Waals surface area contributed by atoms with Gasteiger partial charge in [-0.15, -0.1) is 0 Å². The van der Waals surface area contributed by atoms with Gasteiger partial charge in [0.15, 0.2) is 0 Å². The third-order valence-electron chi connectivity index (χ3n) is 5.31. The zero-order chi connectivity index (χ0) is 21.3. The largest absolute Gasteiger partial charge is 0.255 e. The van der Waals surface area contributed by atoms with E-state index < -0.39 is 0 Å². The first-order valence-corrected chi connectivity index (χ1v) is 10.2. The maximum absolute atomic E-state index is 4.86. The standard InChI is InChI=1S/C26H16N6/c1-3-13-27-23(5-1)25-17-7-9-21(31-19(17)11-15-29-25)22-10-8-18-20(32-22)12-16-30-26(18)24-6-2-4-14-28-24/h1-16H. The molecular formula is C26H16N6. The number of nitrogens with zero attached hydrogens (tertiary/aromatic N) is 6. The Morgan fingerprint density at radius 1 is 0.375 bits per heavy atom. The van der Waals surface area contributed by atoms with E-state index in [4.69, 9.17) is 9.97 Å². The van der Waals surface area contributed by atoms with Gasteiger partial charge in [-0.05, 0) is 60.7 Å². The van der Waals surface area contributed by atoms with Gasteiger partial charge in [0, 0.05) is 35.6 Å². The molecule has 6 rings (SSSR count). The van der Waals surface area contributed by atoms with Crippen LogP contribution < -0.4 is 0 Å². The van der Waals surface area contributed by atoms with E-state index in [-0.39, 0.29) is 0 Å². The maximum Gasteiger partial charge on any atom is 0.0980 e. The predicted octanol–water partition coefficient (Wildman–Crippen LogP) is 5.36. The number of pyridine rings is 6. The quantitative estimate of drug-likeness (QED) is 0.389. The van der Waals surface area contributed by atoms with Gasteiger partial charge < -0.3 is 0 Å². The molecule has 0 amide bonds. The molecule has 0 unspecified atom stereocenters. The highest BCUT2D eigenvalue weighted by molar-refractivity contribution is 5.94. The Hall–Kier alpha value is -4.58. The first-order valence-electron chi connectivity index (χ1n) is 10.2. The van der Waals surface area contributed by atoms with Crippen molar-refractivity contribution in [1.29, 1.82) is 0 Å². The molecule has 6 heteroatoms. The monoisotopic (exact) mass is 412 g/mol. The Labute approximate surface area is 183 Å². The third-order valence-corrected chi connectivity index (χ3v) is 5.31. The zero-order valence-electron chi connectivity index (χ0n) is 16.9. The molecule has 0 fully saturated rings. The summed E-state index contributed by atoms with van der Waals surface area (Å²) in [4.78, 5) is 27.6. The van der Waals surface area contributed by atoms with E-state index in [2.05, 4.69) is 19.9 Å². The molecule has 0 radical (unpaired) electrons. The highest BCUT2D eigenvalue weighted by atomic mass is 14.8. The molecule has 0 saturated heterocycles. The highest BCUT2D eigenvalue weighted by Gasteiger charge is 2.12. The van der Waals surface area contributed by atoms with Crippen molar-refractivity contribution in [3.8, 4) is 34.2 Å². The van der Waals surface area contributed by atoms with Crippen molar-refractivity contribution in [3.05, 3.63) is 97.6 Å². The summed E-state index contributed by atoms with van der Waals surface area (Å²) in [6.45, 7) is 0. The summed E-state index contributed by atoms with van der Waals surface area (Å²) in [7, 11) is 0. The minimum absolute atomic E-state index is 0.800. The van der Waals surface area contributed by atoms with Gasteiger partial charge >= 0.3 is 0 Å². The average Bonchev–Trinajstić information content (AvgIpc) is 2.88. The van der Waals surface area contributed by atoms with E-state index in [1.165, 1.54) is 0 Å². The summed E-state index contributed by atoms with van der Waals surface area (Å²) in [6.07, 6.45) is 7.07. The van der Waals surface area contributed by atoms with Crippen LogP contribution in [0.3, 0.4) is 0 Å². The second kappa shape index (κ2) is 7.59. The van der Waals surface area contributed by atoms with Gasteiger partial charge in [-0.2, -0.15) is 0 Å². The van der Waals surface area contributed by atoms with Crippen LogP contribution in [0.15, 0.2) is 97.6 Å². The Bertz CT molecular complexity index is 1450. The highest BCUT2D eigenvalue weighted by Crippen LogP contribution is 2.29. The lowest BCUT2D eigenvalue weighted by Crippen LogP contribution is -1.94. The molecular weight excluding hydrogens is 396 g/mol. The normalized spacial score (nSPS) is 11.1. The van der Waals surface area contributed by atoms with Crippen LogP contribution >= 0.6 is 0 Å². The van der Waals surface area contributed by atoms with E-state index >= 15 is 0 Å². The minimum Gasteiger partial charge on any atom is -0.255 e. The minimum atomic E-state index is 0.800. The molecule has 0 atom stereocenters.